The summed E-state index contributed by atoms with van der Waals surface area (Å²) in [5, 5.41) is 13.0. The van der Waals surface area contributed by atoms with E-state index < -0.39 is 9.84 Å². The van der Waals surface area contributed by atoms with Crippen LogP contribution in [0.2, 0.25) is 0 Å². The number of aromatic nitrogens is 4. The fraction of sp³-hybridized carbons (Fsp3) is 0.194. The van der Waals surface area contributed by atoms with E-state index in [9.17, 15) is 8.42 Å². The molecule has 0 amide bonds. The molecule has 0 saturated heterocycles. The topological polar surface area (TPSA) is 124 Å². The fourth-order valence-electron chi connectivity index (χ4n) is 4.82. The molecule has 0 bridgehead atoms. The van der Waals surface area contributed by atoms with Gasteiger partial charge < -0.3 is 19.8 Å². The summed E-state index contributed by atoms with van der Waals surface area (Å²) in [7, 11) is -1.42. The SMILES string of the molecule is COc1cc2ncnc(Nc3ccc4c(cnn4Cc4ccccc4)c3)c2cc1-c1ccc(CNCCS(C)(=O)=O)o1. The molecule has 0 aliphatic rings. The van der Waals surface area contributed by atoms with Crippen molar-refractivity contribution in [1.82, 2.24) is 25.1 Å². The number of fused-ring (bicyclic) bond motifs is 2. The van der Waals surface area contributed by atoms with Gasteiger partial charge in [-0.15, -0.1) is 0 Å². The minimum atomic E-state index is -3.03. The van der Waals surface area contributed by atoms with E-state index in [1.165, 1.54) is 18.1 Å². The Morgan fingerprint density at radius 1 is 1.00 bits per heavy atom. The number of hydrogen-bond acceptors (Lipinski definition) is 9. The Bertz CT molecular complexity index is 1970. The second kappa shape index (κ2) is 11.6. The van der Waals surface area contributed by atoms with Crippen LogP contribution in [-0.2, 0) is 22.9 Å². The number of methoxy groups -OCH3 is 1. The average molecular weight is 583 g/mol. The number of benzene rings is 3. The lowest BCUT2D eigenvalue weighted by molar-refractivity contribution is 0.414. The van der Waals surface area contributed by atoms with Gasteiger partial charge in [0.15, 0.2) is 0 Å². The number of nitrogens with one attached hydrogen (secondary N) is 2. The van der Waals surface area contributed by atoms with Crippen molar-refractivity contribution in [3.8, 4) is 17.1 Å². The normalized spacial score (nSPS) is 11.8. The van der Waals surface area contributed by atoms with Gasteiger partial charge in [-0.25, -0.2) is 18.4 Å². The number of rotatable bonds is 11. The molecule has 10 nitrogen and oxygen atoms in total. The molecule has 42 heavy (non-hydrogen) atoms. The summed E-state index contributed by atoms with van der Waals surface area (Å²) >= 11 is 0. The summed E-state index contributed by atoms with van der Waals surface area (Å²) in [5.41, 5.74) is 4.58. The van der Waals surface area contributed by atoms with Crippen LogP contribution < -0.4 is 15.4 Å². The number of hydrogen-bond donors (Lipinski definition) is 2. The first-order valence-corrected chi connectivity index (χ1v) is 15.5. The molecule has 3 aromatic carbocycles. The first-order chi connectivity index (χ1) is 20.4. The molecule has 11 heteroatoms. The molecule has 0 spiro atoms. The second-order valence-corrected chi connectivity index (χ2v) is 12.3. The second-order valence-electron chi connectivity index (χ2n) is 10.1. The summed E-state index contributed by atoms with van der Waals surface area (Å²) in [6.45, 7) is 1.45. The molecule has 6 aromatic rings. The number of furan rings is 1. The molecule has 2 N–H and O–H groups in total. The largest absolute Gasteiger partial charge is 0.496 e. The highest BCUT2D eigenvalue weighted by atomic mass is 32.2. The molecule has 0 aliphatic heterocycles. The zero-order valence-corrected chi connectivity index (χ0v) is 24.1. The highest BCUT2D eigenvalue weighted by Crippen LogP contribution is 2.37. The number of anilines is 2. The zero-order valence-electron chi connectivity index (χ0n) is 23.2. The molecule has 3 aromatic heterocycles. The number of ether oxygens (including phenoxy) is 1. The molecule has 0 radical (unpaired) electrons. The van der Waals surface area contributed by atoms with Gasteiger partial charge in [-0.2, -0.15) is 5.10 Å². The van der Waals surface area contributed by atoms with Crippen molar-refractivity contribution in [2.75, 3.05) is 31.0 Å². The first kappa shape index (κ1) is 27.4. The fourth-order valence-corrected chi connectivity index (χ4v) is 5.33. The van der Waals surface area contributed by atoms with E-state index in [0.29, 0.717) is 42.7 Å². The molecule has 0 atom stereocenters. The lowest BCUT2D eigenvalue weighted by Crippen LogP contribution is -2.21. The molecule has 0 unspecified atom stereocenters. The molecular formula is C31H30N6O4S. The van der Waals surface area contributed by atoms with E-state index in [1.54, 1.807) is 7.11 Å². The standard InChI is InChI=1S/C31H30N6O4S/c1-40-30-16-27-25(15-26(30)29-11-9-24(41-29)18-32-12-13-42(2,38)39)31(34-20-33-27)36-23-8-10-28-22(14-23)17-35-37(28)19-21-6-4-3-5-7-21/h3-11,14-17,20,32H,12-13,18-19H2,1-2H3,(H,33,34,36). The minimum Gasteiger partial charge on any atom is -0.496 e. The van der Waals surface area contributed by atoms with Crippen LogP contribution in [0.4, 0.5) is 11.5 Å². The number of nitrogens with zero attached hydrogens (tertiary/aromatic N) is 4. The van der Waals surface area contributed by atoms with Crippen molar-refractivity contribution >= 4 is 43.1 Å². The third kappa shape index (κ3) is 6.12. The Morgan fingerprint density at radius 3 is 2.67 bits per heavy atom. The Balaban J connectivity index is 1.26. The van der Waals surface area contributed by atoms with Gasteiger partial charge in [-0.1, -0.05) is 30.3 Å². The smallest absolute Gasteiger partial charge is 0.148 e. The lowest BCUT2D eigenvalue weighted by atomic mass is 10.1. The quantitative estimate of drug-likeness (QED) is 0.199. The third-order valence-electron chi connectivity index (χ3n) is 6.91. The van der Waals surface area contributed by atoms with Crippen LogP contribution in [0.5, 0.6) is 5.75 Å². The Hall–Kier alpha value is -4.74. The maximum absolute atomic E-state index is 11.4. The molecular weight excluding hydrogens is 552 g/mol. The van der Waals surface area contributed by atoms with Crippen molar-refractivity contribution < 1.29 is 17.6 Å². The Labute approximate surface area is 243 Å². The molecule has 3 heterocycles. The Morgan fingerprint density at radius 2 is 1.86 bits per heavy atom. The van der Waals surface area contributed by atoms with Gasteiger partial charge in [0.05, 0.1) is 48.7 Å². The first-order valence-electron chi connectivity index (χ1n) is 13.4. The van der Waals surface area contributed by atoms with Gasteiger partial charge in [0.25, 0.3) is 0 Å². The van der Waals surface area contributed by atoms with Crippen LogP contribution in [0.25, 0.3) is 33.1 Å². The summed E-state index contributed by atoms with van der Waals surface area (Å²) in [4.78, 5) is 9.00. The molecule has 214 valence electrons. The summed E-state index contributed by atoms with van der Waals surface area (Å²) in [6, 6.07) is 23.9. The molecule has 0 aliphatic carbocycles. The van der Waals surface area contributed by atoms with E-state index in [4.69, 9.17) is 9.15 Å². The van der Waals surface area contributed by atoms with E-state index in [0.717, 1.165) is 33.1 Å². The highest BCUT2D eigenvalue weighted by Gasteiger charge is 2.16. The van der Waals surface area contributed by atoms with Crippen LogP contribution >= 0.6 is 0 Å². The maximum Gasteiger partial charge on any atom is 0.148 e. The summed E-state index contributed by atoms with van der Waals surface area (Å²) in [6.07, 6.45) is 4.61. The third-order valence-corrected chi connectivity index (χ3v) is 7.86. The van der Waals surface area contributed by atoms with Crippen LogP contribution in [0.1, 0.15) is 11.3 Å². The van der Waals surface area contributed by atoms with Crippen LogP contribution in [0.3, 0.4) is 0 Å². The van der Waals surface area contributed by atoms with Gasteiger partial charge in [-0.05, 0) is 42.0 Å². The van der Waals surface area contributed by atoms with Gasteiger partial charge >= 0.3 is 0 Å². The van der Waals surface area contributed by atoms with Gasteiger partial charge in [0, 0.05) is 35.3 Å². The van der Waals surface area contributed by atoms with Crippen molar-refractivity contribution in [2.45, 2.75) is 13.1 Å². The van der Waals surface area contributed by atoms with Crippen LogP contribution in [0, 0.1) is 0 Å². The van der Waals surface area contributed by atoms with E-state index in [-0.39, 0.29) is 5.75 Å². The molecule has 0 fully saturated rings. The molecule has 0 saturated carbocycles. The van der Waals surface area contributed by atoms with Crippen molar-refractivity contribution in [1.29, 1.82) is 0 Å². The summed E-state index contributed by atoms with van der Waals surface area (Å²) < 4.78 is 36.5. The van der Waals surface area contributed by atoms with E-state index in [2.05, 4.69) is 50.0 Å². The Kier molecular flexibility index (Phi) is 7.60. The van der Waals surface area contributed by atoms with Gasteiger partial charge in [0.2, 0.25) is 0 Å². The van der Waals surface area contributed by atoms with Gasteiger partial charge in [-0.3, -0.25) is 4.68 Å². The monoisotopic (exact) mass is 582 g/mol. The van der Waals surface area contributed by atoms with Crippen molar-refractivity contribution in [2.24, 2.45) is 0 Å². The maximum atomic E-state index is 11.4. The summed E-state index contributed by atoms with van der Waals surface area (Å²) in [5.74, 6) is 2.64. The number of sulfone groups is 1. The zero-order chi connectivity index (χ0) is 29.1. The predicted octanol–water partition coefficient (Wildman–Crippen LogP) is 5.17. The predicted molar refractivity (Wildman–Crippen MR) is 164 cm³/mol. The lowest BCUT2D eigenvalue weighted by Gasteiger charge is -2.12. The van der Waals surface area contributed by atoms with E-state index >= 15 is 0 Å². The van der Waals surface area contributed by atoms with Gasteiger partial charge in [0.1, 0.15) is 39.3 Å². The molecule has 6 rings (SSSR count). The minimum absolute atomic E-state index is 0.0673. The van der Waals surface area contributed by atoms with Crippen molar-refractivity contribution in [3.05, 3.63) is 96.6 Å². The van der Waals surface area contributed by atoms with E-state index in [1.807, 2.05) is 59.4 Å². The van der Waals surface area contributed by atoms with Crippen LogP contribution in [0.15, 0.2) is 89.7 Å². The highest BCUT2D eigenvalue weighted by molar-refractivity contribution is 7.90. The van der Waals surface area contributed by atoms with Crippen molar-refractivity contribution in [3.63, 3.8) is 0 Å². The average Bonchev–Trinajstić information content (AvgIpc) is 3.62. The van der Waals surface area contributed by atoms with Crippen LogP contribution in [-0.4, -0.2) is 53.8 Å².